The second kappa shape index (κ2) is 7.09. The zero-order valence-corrected chi connectivity index (χ0v) is 12.7. The zero-order chi connectivity index (χ0) is 15.2. The Balaban J connectivity index is 1.97. The smallest absolute Gasteiger partial charge is 0.224 e. The lowest BCUT2D eigenvalue weighted by Gasteiger charge is -2.12. The van der Waals surface area contributed by atoms with E-state index in [0.717, 1.165) is 5.56 Å². The highest BCUT2D eigenvalue weighted by atomic mass is 35.5. The number of carbonyl (C=O) groups excluding carboxylic acids is 1. The van der Waals surface area contributed by atoms with Crippen LogP contribution in [0.25, 0.3) is 0 Å². The Bertz CT molecular complexity index is 617. The summed E-state index contributed by atoms with van der Waals surface area (Å²) in [5.41, 5.74) is 1.70. The molecule has 1 atom stereocenters. The van der Waals surface area contributed by atoms with Crippen LogP contribution in [0.15, 0.2) is 42.7 Å². The fourth-order valence-electron chi connectivity index (χ4n) is 2.02. The van der Waals surface area contributed by atoms with E-state index in [1.807, 2.05) is 19.1 Å². The van der Waals surface area contributed by atoms with Gasteiger partial charge in [0.1, 0.15) is 5.75 Å². The fourth-order valence-corrected chi connectivity index (χ4v) is 2.28. The van der Waals surface area contributed by atoms with Gasteiger partial charge in [0, 0.05) is 24.5 Å². The van der Waals surface area contributed by atoms with Gasteiger partial charge in [0.2, 0.25) is 5.91 Å². The van der Waals surface area contributed by atoms with E-state index in [-0.39, 0.29) is 11.8 Å². The number of hydrogen-bond acceptors (Lipinski definition) is 3. The molecule has 0 saturated carbocycles. The predicted molar refractivity (Wildman–Crippen MR) is 83.9 cm³/mol. The van der Waals surface area contributed by atoms with Crippen LogP contribution in [0.1, 0.15) is 24.8 Å². The molecule has 21 heavy (non-hydrogen) atoms. The number of methoxy groups -OCH3 is 1. The number of aromatic nitrogens is 1. The molecule has 1 aromatic carbocycles. The van der Waals surface area contributed by atoms with Crippen molar-refractivity contribution in [2.24, 2.45) is 0 Å². The van der Waals surface area contributed by atoms with Crippen LogP contribution in [0.2, 0.25) is 5.02 Å². The highest BCUT2D eigenvalue weighted by Crippen LogP contribution is 2.27. The van der Waals surface area contributed by atoms with Crippen molar-refractivity contribution in [2.75, 3.05) is 12.4 Å². The Morgan fingerprint density at radius 1 is 1.43 bits per heavy atom. The third-order valence-corrected chi connectivity index (χ3v) is 3.48. The van der Waals surface area contributed by atoms with Gasteiger partial charge in [0.15, 0.2) is 0 Å². The van der Waals surface area contributed by atoms with Crippen LogP contribution >= 0.6 is 11.6 Å². The van der Waals surface area contributed by atoms with Crippen LogP contribution < -0.4 is 10.1 Å². The first-order valence-electron chi connectivity index (χ1n) is 6.63. The maximum Gasteiger partial charge on any atom is 0.224 e. The Morgan fingerprint density at radius 3 is 2.86 bits per heavy atom. The van der Waals surface area contributed by atoms with Crippen molar-refractivity contribution < 1.29 is 9.53 Å². The van der Waals surface area contributed by atoms with Gasteiger partial charge in [0.25, 0.3) is 0 Å². The number of pyridine rings is 1. The van der Waals surface area contributed by atoms with E-state index in [9.17, 15) is 4.79 Å². The first-order valence-corrected chi connectivity index (χ1v) is 7.01. The minimum Gasteiger partial charge on any atom is -0.495 e. The number of nitrogens with zero attached hydrogens (tertiary/aromatic N) is 1. The van der Waals surface area contributed by atoms with E-state index in [4.69, 9.17) is 16.3 Å². The van der Waals surface area contributed by atoms with E-state index in [0.29, 0.717) is 22.9 Å². The lowest BCUT2D eigenvalue weighted by molar-refractivity contribution is -0.116. The van der Waals surface area contributed by atoms with Crippen molar-refractivity contribution in [3.63, 3.8) is 0 Å². The van der Waals surface area contributed by atoms with Gasteiger partial charge in [-0.05, 0) is 35.7 Å². The van der Waals surface area contributed by atoms with Crippen molar-refractivity contribution >= 4 is 23.2 Å². The normalized spacial score (nSPS) is 11.8. The van der Waals surface area contributed by atoms with Crippen molar-refractivity contribution in [2.45, 2.75) is 19.3 Å². The van der Waals surface area contributed by atoms with Crippen molar-refractivity contribution in [1.82, 2.24) is 4.98 Å². The van der Waals surface area contributed by atoms with Crippen molar-refractivity contribution in [3.8, 4) is 5.75 Å². The molecular formula is C16H17ClN2O2. The van der Waals surface area contributed by atoms with Gasteiger partial charge >= 0.3 is 0 Å². The molecule has 1 heterocycles. The molecule has 0 bridgehead atoms. The highest BCUT2D eigenvalue weighted by Gasteiger charge is 2.12. The second-order valence-electron chi connectivity index (χ2n) is 4.79. The summed E-state index contributed by atoms with van der Waals surface area (Å²) in [5, 5.41) is 3.30. The number of anilines is 1. The summed E-state index contributed by atoms with van der Waals surface area (Å²) in [5.74, 6) is 0.624. The SMILES string of the molecule is COc1ccc(NC(=O)CC(C)c2cccnc2)cc1Cl. The van der Waals surface area contributed by atoms with Gasteiger partial charge in [-0.15, -0.1) is 0 Å². The Morgan fingerprint density at radius 2 is 2.24 bits per heavy atom. The lowest BCUT2D eigenvalue weighted by Crippen LogP contribution is -2.14. The van der Waals surface area contributed by atoms with Crippen LogP contribution in [-0.4, -0.2) is 18.0 Å². The van der Waals surface area contributed by atoms with Gasteiger partial charge in [-0.3, -0.25) is 9.78 Å². The first kappa shape index (κ1) is 15.3. The fraction of sp³-hybridized carbons (Fsp3) is 0.250. The summed E-state index contributed by atoms with van der Waals surface area (Å²) in [6.07, 6.45) is 3.88. The quantitative estimate of drug-likeness (QED) is 0.912. The zero-order valence-electron chi connectivity index (χ0n) is 12.0. The largest absolute Gasteiger partial charge is 0.495 e. The molecule has 1 amide bonds. The number of rotatable bonds is 5. The third-order valence-electron chi connectivity index (χ3n) is 3.18. The van der Waals surface area contributed by atoms with E-state index < -0.39 is 0 Å². The van der Waals surface area contributed by atoms with Crippen molar-refractivity contribution in [3.05, 3.63) is 53.3 Å². The molecule has 2 rings (SSSR count). The first-order chi connectivity index (χ1) is 10.1. The summed E-state index contributed by atoms with van der Waals surface area (Å²) in [6, 6.07) is 9.00. The summed E-state index contributed by atoms with van der Waals surface area (Å²) in [4.78, 5) is 16.1. The highest BCUT2D eigenvalue weighted by molar-refractivity contribution is 6.32. The van der Waals surface area contributed by atoms with Crippen LogP contribution in [0.4, 0.5) is 5.69 Å². The maximum absolute atomic E-state index is 12.1. The summed E-state index contributed by atoms with van der Waals surface area (Å²) in [6.45, 7) is 2.00. The van der Waals surface area contributed by atoms with Gasteiger partial charge in [-0.1, -0.05) is 24.6 Å². The molecular weight excluding hydrogens is 288 g/mol. The van der Waals surface area contributed by atoms with Crippen LogP contribution in [0, 0.1) is 0 Å². The van der Waals surface area contributed by atoms with Gasteiger partial charge in [-0.25, -0.2) is 0 Å². The molecule has 0 radical (unpaired) electrons. The molecule has 2 aromatic rings. The number of nitrogens with one attached hydrogen (secondary N) is 1. The van der Waals surface area contributed by atoms with Gasteiger partial charge in [-0.2, -0.15) is 0 Å². The Kier molecular flexibility index (Phi) is 5.17. The number of halogens is 1. The number of carbonyl (C=O) groups is 1. The number of benzene rings is 1. The Labute approximate surface area is 129 Å². The molecule has 1 unspecified atom stereocenters. The maximum atomic E-state index is 12.1. The molecule has 5 heteroatoms. The van der Waals surface area contributed by atoms with E-state index >= 15 is 0 Å². The summed E-state index contributed by atoms with van der Waals surface area (Å²) >= 11 is 6.03. The number of amides is 1. The molecule has 0 fully saturated rings. The topological polar surface area (TPSA) is 51.2 Å². The van der Waals surface area contributed by atoms with Crippen LogP contribution in [0.5, 0.6) is 5.75 Å². The predicted octanol–water partition coefficient (Wildman–Crippen LogP) is 3.88. The third kappa shape index (κ3) is 4.20. The molecule has 1 N–H and O–H groups in total. The molecule has 110 valence electrons. The lowest BCUT2D eigenvalue weighted by atomic mass is 9.99. The monoisotopic (exact) mass is 304 g/mol. The average Bonchev–Trinajstić information content (AvgIpc) is 2.48. The van der Waals surface area contributed by atoms with Crippen LogP contribution in [0.3, 0.4) is 0 Å². The van der Waals surface area contributed by atoms with Gasteiger partial charge in [0.05, 0.1) is 12.1 Å². The van der Waals surface area contributed by atoms with E-state index in [1.54, 1.807) is 37.7 Å². The van der Waals surface area contributed by atoms with Crippen LogP contribution in [-0.2, 0) is 4.79 Å². The van der Waals surface area contributed by atoms with E-state index in [1.165, 1.54) is 0 Å². The molecule has 1 aromatic heterocycles. The van der Waals surface area contributed by atoms with Gasteiger partial charge < -0.3 is 10.1 Å². The molecule has 0 aliphatic carbocycles. The average molecular weight is 305 g/mol. The minimum absolute atomic E-state index is 0.0624. The number of hydrogen-bond donors (Lipinski definition) is 1. The molecule has 0 saturated heterocycles. The number of ether oxygens (including phenoxy) is 1. The second-order valence-corrected chi connectivity index (χ2v) is 5.20. The minimum atomic E-state index is -0.0624. The molecule has 0 aliphatic rings. The molecule has 0 spiro atoms. The summed E-state index contributed by atoms with van der Waals surface area (Å²) < 4.78 is 5.08. The Hall–Kier alpha value is -2.07. The molecule has 0 aliphatic heterocycles. The standard InChI is InChI=1S/C16H17ClN2O2/c1-11(12-4-3-7-18-10-12)8-16(20)19-13-5-6-15(21-2)14(17)9-13/h3-7,9-11H,8H2,1-2H3,(H,19,20). The van der Waals surface area contributed by atoms with E-state index in [2.05, 4.69) is 10.3 Å². The molecule has 4 nitrogen and oxygen atoms in total. The van der Waals surface area contributed by atoms with Crippen molar-refractivity contribution in [1.29, 1.82) is 0 Å². The summed E-state index contributed by atoms with van der Waals surface area (Å²) in [7, 11) is 1.55.